The summed E-state index contributed by atoms with van der Waals surface area (Å²) < 4.78 is 0. The molecule has 110 valence electrons. The first-order valence-corrected chi connectivity index (χ1v) is 7.65. The second-order valence-electron chi connectivity index (χ2n) is 5.42. The highest BCUT2D eigenvalue weighted by atomic mass is 32.1. The molecule has 0 aromatic heterocycles. The molecule has 0 aliphatic heterocycles. The lowest BCUT2D eigenvalue weighted by Gasteiger charge is -2.16. The number of hydrogen-bond acceptors (Lipinski definition) is 1. The number of thiocarbonyl (C=S) groups is 1. The Hall–Kier alpha value is -1.87. The molecule has 2 nitrogen and oxygen atoms in total. The highest BCUT2D eigenvalue weighted by Crippen LogP contribution is 2.22. The molecule has 0 saturated heterocycles. The van der Waals surface area contributed by atoms with Crippen molar-refractivity contribution in [3.8, 4) is 0 Å². The summed E-state index contributed by atoms with van der Waals surface area (Å²) in [7, 11) is 0. The molecule has 0 aliphatic carbocycles. The molecule has 0 saturated carbocycles. The van der Waals surface area contributed by atoms with Gasteiger partial charge in [0.15, 0.2) is 5.11 Å². The Morgan fingerprint density at radius 2 is 1.67 bits per heavy atom. The molecular weight excluding hydrogens is 276 g/mol. The van der Waals surface area contributed by atoms with E-state index in [1.807, 2.05) is 0 Å². The number of rotatable bonds is 3. The van der Waals surface area contributed by atoms with Gasteiger partial charge in [0.05, 0.1) is 0 Å². The van der Waals surface area contributed by atoms with E-state index < -0.39 is 0 Å². The third-order valence-corrected chi connectivity index (χ3v) is 3.66. The third kappa shape index (κ3) is 4.05. The zero-order valence-corrected chi connectivity index (χ0v) is 13.9. The fourth-order valence-electron chi connectivity index (χ4n) is 2.52. The first-order chi connectivity index (χ1) is 9.99. The highest BCUT2D eigenvalue weighted by molar-refractivity contribution is 7.80. The number of aryl methyl sites for hydroxylation is 4. The van der Waals surface area contributed by atoms with Crippen molar-refractivity contribution in [1.82, 2.24) is 0 Å². The van der Waals surface area contributed by atoms with Gasteiger partial charge in [-0.3, -0.25) is 0 Å². The van der Waals surface area contributed by atoms with Gasteiger partial charge in [0.1, 0.15) is 0 Å². The summed E-state index contributed by atoms with van der Waals surface area (Å²) in [4.78, 5) is 0. The minimum atomic E-state index is 0.629. The lowest BCUT2D eigenvalue weighted by molar-refractivity contribution is 1.13. The van der Waals surface area contributed by atoms with Gasteiger partial charge < -0.3 is 10.6 Å². The van der Waals surface area contributed by atoms with Crippen LogP contribution in [0.25, 0.3) is 0 Å². The maximum absolute atomic E-state index is 5.45. The summed E-state index contributed by atoms with van der Waals surface area (Å²) in [6.45, 7) is 8.43. The van der Waals surface area contributed by atoms with Gasteiger partial charge in [-0.05, 0) is 73.8 Å². The van der Waals surface area contributed by atoms with Crippen molar-refractivity contribution < 1.29 is 0 Å². The number of benzene rings is 2. The summed E-state index contributed by atoms with van der Waals surface area (Å²) in [5.74, 6) is 0. The zero-order chi connectivity index (χ0) is 15.4. The Bertz CT molecular complexity index is 642. The third-order valence-electron chi connectivity index (χ3n) is 3.46. The molecule has 0 amide bonds. The van der Waals surface area contributed by atoms with Gasteiger partial charge in [-0.15, -0.1) is 0 Å². The number of para-hydroxylation sites is 1. The summed E-state index contributed by atoms with van der Waals surface area (Å²) in [5.41, 5.74) is 7.08. The highest BCUT2D eigenvalue weighted by Gasteiger charge is 2.06. The SMILES string of the molecule is CCc1cccc(C)c1NC(=S)Nc1cc(C)cc(C)c1. The monoisotopic (exact) mass is 298 g/mol. The Morgan fingerprint density at radius 3 is 2.29 bits per heavy atom. The molecule has 0 unspecified atom stereocenters. The number of anilines is 2. The molecule has 0 heterocycles. The fourth-order valence-corrected chi connectivity index (χ4v) is 2.74. The molecular formula is C18H22N2S. The number of nitrogens with one attached hydrogen (secondary N) is 2. The van der Waals surface area contributed by atoms with Crippen LogP contribution in [0.1, 0.15) is 29.2 Å². The molecule has 2 aromatic rings. The quantitative estimate of drug-likeness (QED) is 0.781. The van der Waals surface area contributed by atoms with Gasteiger partial charge in [0.25, 0.3) is 0 Å². The van der Waals surface area contributed by atoms with Crippen molar-refractivity contribution in [1.29, 1.82) is 0 Å². The molecule has 0 spiro atoms. The van der Waals surface area contributed by atoms with Crippen LogP contribution in [-0.4, -0.2) is 5.11 Å². The summed E-state index contributed by atoms with van der Waals surface area (Å²) in [6.07, 6.45) is 0.982. The van der Waals surface area contributed by atoms with E-state index in [-0.39, 0.29) is 0 Å². The second kappa shape index (κ2) is 6.72. The molecule has 2 aromatic carbocycles. The van der Waals surface area contributed by atoms with Crippen molar-refractivity contribution in [2.24, 2.45) is 0 Å². The first kappa shape index (κ1) is 15.5. The van der Waals surface area contributed by atoms with Gasteiger partial charge in [0, 0.05) is 11.4 Å². The number of hydrogen-bond donors (Lipinski definition) is 2. The van der Waals surface area contributed by atoms with Gasteiger partial charge in [-0.25, -0.2) is 0 Å². The minimum absolute atomic E-state index is 0.629. The van der Waals surface area contributed by atoms with Gasteiger partial charge in [-0.1, -0.05) is 31.2 Å². The van der Waals surface area contributed by atoms with Crippen molar-refractivity contribution in [3.63, 3.8) is 0 Å². The van der Waals surface area contributed by atoms with Crippen LogP contribution in [-0.2, 0) is 6.42 Å². The maximum Gasteiger partial charge on any atom is 0.175 e. The summed E-state index contributed by atoms with van der Waals surface area (Å²) in [6, 6.07) is 12.7. The van der Waals surface area contributed by atoms with Crippen LogP contribution in [0.3, 0.4) is 0 Å². The van der Waals surface area contributed by atoms with E-state index in [4.69, 9.17) is 12.2 Å². The Labute approximate surface area is 132 Å². The van der Waals surface area contributed by atoms with Crippen LogP contribution >= 0.6 is 12.2 Å². The van der Waals surface area contributed by atoms with E-state index in [1.165, 1.54) is 22.3 Å². The molecule has 0 atom stereocenters. The maximum atomic E-state index is 5.45. The molecule has 0 fully saturated rings. The van der Waals surface area contributed by atoms with Crippen LogP contribution in [0.15, 0.2) is 36.4 Å². The van der Waals surface area contributed by atoms with Crippen LogP contribution in [0.2, 0.25) is 0 Å². The predicted molar refractivity (Wildman–Crippen MR) is 96.3 cm³/mol. The second-order valence-corrected chi connectivity index (χ2v) is 5.83. The fraction of sp³-hybridized carbons (Fsp3) is 0.278. The standard InChI is InChI=1S/C18H22N2S/c1-5-15-8-6-7-14(4)17(15)20-18(21)19-16-10-12(2)9-13(3)11-16/h6-11H,5H2,1-4H3,(H2,19,20,21). The summed E-state index contributed by atoms with van der Waals surface area (Å²) in [5, 5.41) is 7.24. The molecule has 21 heavy (non-hydrogen) atoms. The molecule has 0 aliphatic rings. The van der Waals surface area contributed by atoms with Crippen molar-refractivity contribution >= 4 is 28.7 Å². The summed E-state index contributed by atoms with van der Waals surface area (Å²) >= 11 is 5.45. The van der Waals surface area contributed by atoms with Crippen molar-refractivity contribution in [3.05, 3.63) is 58.7 Å². The van der Waals surface area contributed by atoms with Crippen LogP contribution in [0, 0.1) is 20.8 Å². The normalized spacial score (nSPS) is 10.3. The van der Waals surface area contributed by atoms with E-state index in [9.17, 15) is 0 Å². The van der Waals surface area contributed by atoms with E-state index in [1.54, 1.807) is 0 Å². The largest absolute Gasteiger partial charge is 0.332 e. The van der Waals surface area contributed by atoms with Crippen molar-refractivity contribution in [2.75, 3.05) is 10.6 Å². The van der Waals surface area contributed by atoms with Crippen LogP contribution in [0.4, 0.5) is 11.4 Å². The van der Waals surface area contributed by atoms with E-state index in [0.717, 1.165) is 17.8 Å². The van der Waals surface area contributed by atoms with Crippen LogP contribution in [0.5, 0.6) is 0 Å². The Kier molecular flexibility index (Phi) is 4.97. The molecule has 2 N–H and O–H groups in total. The zero-order valence-electron chi connectivity index (χ0n) is 13.1. The average molecular weight is 298 g/mol. The van der Waals surface area contributed by atoms with Gasteiger partial charge in [-0.2, -0.15) is 0 Å². The molecule has 3 heteroatoms. The smallest absolute Gasteiger partial charge is 0.175 e. The Balaban J connectivity index is 2.15. The van der Waals surface area contributed by atoms with E-state index in [0.29, 0.717) is 5.11 Å². The minimum Gasteiger partial charge on any atom is -0.332 e. The lowest BCUT2D eigenvalue weighted by Crippen LogP contribution is -2.20. The van der Waals surface area contributed by atoms with Crippen molar-refractivity contribution in [2.45, 2.75) is 34.1 Å². The predicted octanol–water partition coefficient (Wildman–Crippen LogP) is 4.98. The van der Waals surface area contributed by atoms with Gasteiger partial charge in [0.2, 0.25) is 0 Å². The van der Waals surface area contributed by atoms with E-state index >= 15 is 0 Å². The lowest BCUT2D eigenvalue weighted by atomic mass is 10.1. The van der Waals surface area contributed by atoms with Crippen LogP contribution < -0.4 is 10.6 Å². The average Bonchev–Trinajstić information content (AvgIpc) is 2.39. The molecule has 0 radical (unpaired) electrons. The molecule has 2 rings (SSSR count). The van der Waals surface area contributed by atoms with Gasteiger partial charge >= 0.3 is 0 Å². The first-order valence-electron chi connectivity index (χ1n) is 7.24. The Morgan fingerprint density at radius 1 is 1.00 bits per heavy atom. The molecule has 0 bridgehead atoms. The van der Waals surface area contributed by atoms with E-state index in [2.05, 4.69) is 74.7 Å². The topological polar surface area (TPSA) is 24.1 Å².